The summed E-state index contributed by atoms with van der Waals surface area (Å²) >= 11 is 0. The van der Waals surface area contributed by atoms with Crippen LogP contribution in [0.15, 0.2) is 0 Å². The Hall–Kier alpha value is -0.0400. The van der Waals surface area contributed by atoms with E-state index in [9.17, 15) is 0 Å². The molecule has 0 atom stereocenters. The van der Waals surface area contributed by atoms with E-state index >= 15 is 0 Å². The summed E-state index contributed by atoms with van der Waals surface area (Å²) in [6.45, 7) is 4.62. The first kappa shape index (κ1) is 45.1. The highest BCUT2D eigenvalue weighted by Gasteiger charge is 2.54. The van der Waals surface area contributed by atoms with Crippen LogP contribution in [0, 0.1) is 0 Å². The molecule has 0 aromatic rings. The standard InChI is InChI=1S/C48H94O/c1-3-5-7-9-11-13-15-17-19-21-23-25-27-29-31-33-35-37-39-41-47(43-44-47)49-48(45-46-48)42-40-38-36-34-32-30-28-26-24-22-20-18-16-14-12-10-8-6-4-2/h3-46H2,1-2H3. The summed E-state index contributed by atoms with van der Waals surface area (Å²) in [5.41, 5.74) is 0.637. The molecule has 0 radical (unpaired) electrons. The summed E-state index contributed by atoms with van der Waals surface area (Å²) in [6, 6.07) is 0. The van der Waals surface area contributed by atoms with E-state index in [4.69, 9.17) is 4.74 Å². The summed E-state index contributed by atoms with van der Waals surface area (Å²) in [4.78, 5) is 0. The van der Waals surface area contributed by atoms with Crippen molar-refractivity contribution < 1.29 is 4.74 Å². The van der Waals surface area contributed by atoms with Gasteiger partial charge in [0.2, 0.25) is 0 Å². The van der Waals surface area contributed by atoms with Gasteiger partial charge in [-0.2, -0.15) is 0 Å². The number of hydrogen-bond acceptors (Lipinski definition) is 1. The lowest BCUT2D eigenvalue weighted by Crippen LogP contribution is -2.25. The fourth-order valence-corrected chi connectivity index (χ4v) is 8.60. The summed E-state index contributed by atoms with van der Waals surface area (Å²) in [5, 5.41) is 0. The maximum absolute atomic E-state index is 6.92. The molecule has 0 N–H and O–H groups in total. The number of hydrogen-bond donors (Lipinski definition) is 0. The quantitative estimate of drug-likeness (QED) is 0.0581. The lowest BCUT2D eigenvalue weighted by molar-refractivity contribution is -0.0577. The molecule has 2 rings (SSSR count). The largest absolute Gasteiger partial charge is 0.369 e. The fraction of sp³-hybridized carbons (Fsp3) is 1.00. The van der Waals surface area contributed by atoms with Crippen LogP contribution in [-0.4, -0.2) is 11.2 Å². The maximum Gasteiger partial charge on any atom is 0.0692 e. The van der Waals surface area contributed by atoms with E-state index in [2.05, 4.69) is 13.8 Å². The average molecular weight is 687 g/mol. The van der Waals surface area contributed by atoms with E-state index in [1.54, 1.807) is 0 Å². The lowest BCUT2D eigenvalue weighted by atomic mass is 10.0. The van der Waals surface area contributed by atoms with Crippen LogP contribution in [0.3, 0.4) is 0 Å². The second-order valence-electron chi connectivity index (χ2n) is 17.7. The smallest absolute Gasteiger partial charge is 0.0692 e. The van der Waals surface area contributed by atoms with Gasteiger partial charge < -0.3 is 4.74 Å². The van der Waals surface area contributed by atoms with E-state index in [1.807, 2.05) is 0 Å². The van der Waals surface area contributed by atoms with Crippen molar-refractivity contribution in [3.8, 4) is 0 Å². The third-order valence-corrected chi connectivity index (χ3v) is 12.5. The van der Waals surface area contributed by atoms with Crippen molar-refractivity contribution in [3.05, 3.63) is 0 Å². The molecule has 1 nitrogen and oxygen atoms in total. The monoisotopic (exact) mass is 687 g/mol. The van der Waals surface area contributed by atoms with Gasteiger partial charge in [-0.05, 0) is 38.5 Å². The van der Waals surface area contributed by atoms with Gasteiger partial charge in [0.15, 0.2) is 0 Å². The number of unbranched alkanes of at least 4 members (excludes halogenated alkanes) is 36. The third kappa shape index (κ3) is 28.2. The van der Waals surface area contributed by atoms with Crippen molar-refractivity contribution in [2.75, 3.05) is 0 Å². The van der Waals surface area contributed by atoms with Crippen molar-refractivity contribution >= 4 is 0 Å². The highest BCUT2D eigenvalue weighted by atomic mass is 16.5. The van der Waals surface area contributed by atoms with Crippen LogP contribution in [0.25, 0.3) is 0 Å². The van der Waals surface area contributed by atoms with Gasteiger partial charge in [-0.3, -0.25) is 0 Å². The van der Waals surface area contributed by atoms with Crippen LogP contribution in [0.2, 0.25) is 0 Å². The molecule has 292 valence electrons. The zero-order valence-corrected chi connectivity index (χ0v) is 34.5. The van der Waals surface area contributed by atoms with E-state index in [0.29, 0.717) is 11.2 Å². The molecule has 2 saturated carbocycles. The summed E-state index contributed by atoms with van der Waals surface area (Å²) in [5.74, 6) is 0. The Balaban J connectivity index is 1.26. The lowest BCUT2D eigenvalue weighted by Gasteiger charge is -2.25. The van der Waals surface area contributed by atoms with Crippen LogP contribution in [0.5, 0.6) is 0 Å². The predicted molar refractivity (Wildman–Crippen MR) is 221 cm³/mol. The Bertz CT molecular complexity index is 604. The van der Waals surface area contributed by atoms with Gasteiger partial charge in [0.05, 0.1) is 11.2 Å². The van der Waals surface area contributed by atoms with Crippen molar-refractivity contribution in [1.82, 2.24) is 0 Å². The summed E-state index contributed by atoms with van der Waals surface area (Å²) in [7, 11) is 0. The van der Waals surface area contributed by atoms with Crippen LogP contribution >= 0.6 is 0 Å². The Morgan fingerprint density at radius 3 is 0.571 bits per heavy atom. The molecule has 0 heterocycles. The average Bonchev–Trinajstić information content (AvgIpc) is 4.05. The van der Waals surface area contributed by atoms with Gasteiger partial charge in [0.1, 0.15) is 0 Å². The molecule has 0 bridgehead atoms. The molecule has 0 aromatic heterocycles. The number of ether oxygens (including phenoxy) is 1. The Morgan fingerprint density at radius 2 is 0.408 bits per heavy atom. The molecule has 2 aliphatic rings. The topological polar surface area (TPSA) is 9.23 Å². The first-order valence-electron chi connectivity index (χ1n) is 23.9. The normalized spacial score (nSPS) is 16.0. The van der Waals surface area contributed by atoms with Crippen LogP contribution in [-0.2, 0) is 4.74 Å². The highest BCUT2D eigenvalue weighted by Crippen LogP contribution is 2.55. The molecule has 0 saturated heterocycles. The fourth-order valence-electron chi connectivity index (χ4n) is 8.60. The van der Waals surface area contributed by atoms with Gasteiger partial charge in [-0.25, -0.2) is 0 Å². The minimum atomic E-state index is 0.318. The second kappa shape index (κ2) is 32.6. The Kier molecular flexibility index (Phi) is 30.0. The molecule has 0 aromatic carbocycles. The minimum Gasteiger partial charge on any atom is -0.369 e. The Morgan fingerprint density at radius 1 is 0.245 bits per heavy atom. The van der Waals surface area contributed by atoms with E-state index < -0.39 is 0 Å². The molecule has 2 fully saturated rings. The van der Waals surface area contributed by atoms with Crippen molar-refractivity contribution in [2.24, 2.45) is 0 Å². The molecule has 49 heavy (non-hydrogen) atoms. The third-order valence-electron chi connectivity index (χ3n) is 12.5. The molecule has 1 heteroatoms. The van der Waals surface area contributed by atoms with Crippen LogP contribution in [0.4, 0.5) is 0 Å². The van der Waals surface area contributed by atoms with Crippen LogP contribution < -0.4 is 0 Å². The molecule has 0 amide bonds. The summed E-state index contributed by atoms with van der Waals surface area (Å²) in [6.07, 6.45) is 63.8. The molecule has 2 aliphatic carbocycles. The maximum atomic E-state index is 6.92. The van der Waals surface area contributed by atoms with E-state index in [-0.39, 0.29) is 0 Å². The van der Waals surface area contributed by atoms with Crippen molar-refractivity contribution in [2.45, 2.75) is 308 Å². The molecular weight excluding hydrogens is 593 g/mol. The van der Waals surface area contributed by atoms with Gasteiger partial charge in [0, 0.05) is 0 Å². The van der Waals surface area contributed by atoms with Gasteiger partial charge in [-0.15, -0.1) is 0 Å². The zero-order valence-electron chi connectivity index (χ0n) is 34.5. The van der Waals surface area contributed by atoms with E-state index in [0.717, 1.165) is 0 Å². The van der Waals surface area contributed by atoms with Gasteiger partial charge in [-0.1, -0.05) is 258 Å². The molecule has 0 aliphatic heterocycles. The molecule has 0 spiro atoms. The second-order valence-corrected chi connectivity index (χ2v) is 17.7. The van der Waals surface area contributed by atoms with E-state index in [1.165, 1.54) is 283 Å². The van der Waals surface area contributed by atoms with Crippen molar-refractivity contribution in [3.63, 3.8) is 0 Å². The van der Waals surface area contributed by atoms with Crippen molar-refractivity contribution in [1.29, 1.82) is 0 Å². The van der Waals surface area contributed by atoms with Gasteiger partial charge >= 0.3 is 0 Å². The van der Waals surface area contributed by atoms with Gasteiger partial charge in [0.25, 0.3) is 0 Å². The zero-order chi connectivity index (χ0) is 34.8. The minimum absolute atomic E-state index is 0.318. The first-order chi connectivity index (χ1) is 24.2. The highest BCUT2D eigenvalue weighted by molar-refractivity contribution is 5.04. The molecular formula is C48H94O. The van der Waals surface area contributed by atoms with Crippen LogP contribution in [0.1, 0.15) is 296 Å². The summed E-state index contributed by atoms with van der Waals surface area (Å²) < 4.78 is 6.92. The Labute approximate surface area is 311 Å². The first-order valence-corrected chi connectivity index (χ1v) is 23.9. The number of rotatable bonds is 42. The predicted octanol–water partition coefficient (Wildman–Crippen LogP) is 17.7. The molecule has 0 unspecified atom stereocenters. The SMILES string of the molecule is CCCCCCCCCCCCCCCCCCCCCC1(OC2(CCCCCCCCCCCCCCCCCCCCC)CC2)CC1.